The zero-order chi connectivity index (χ0) is 7.11. The molecule has 1 aliphatic rings. The summed E-state index contributed by atoms with van der Waals surface area (Å²) in [6.07, 6.45) is 2.85. The van der Waals surface area contributed by atoms with Crippen molar-refractivity contribution in [2.24, 2.45) is 0 Å². The van der Waals surface area contributed by atoms with Gasteiger partial charge in [-0.2, -0.15) is 5.48 Å². The Balaban J connectivity index is 0.000000291. The SMILES string of the molecule is CC.CCC1=CONC1. The first kappa shape index (κ1) is 8.50. The molecule has 0 bridgehead atoms. The summed E-state index contributed by atoms with van der Waals surface area (Å²) < 4.78 is 0. The van der Waals surface area contributed by atoms with Crippen molar-refractivity contribution >= 4 is 0 Å². The van der Waals surface area contributed by atoms with Gasteiger partial charge >= 0.3 is 0 Å². The van der Waals surface area contributed by atoms with E-state index in [9.17, 15) is 0 Å². The predicted molar refractivity (Wildman–Crippen MR) is 38.8 cm³/mol. The molecule has 1 N–H and O–H groups in total. The Morgan fingerprint density at radius 1 is 1.67 bits per heavy atom. The van der Waals surface area contributed by atoms with E-state index in [1.54, 1.807) is 6.26 Å². The Hall–Kier alpha value is -0.500. The maximum Gasteiger partial charge on any atom is 0.111 e. The third-order valence-electron chi connectivity index (χ3n) is 1.06. The van der Waals surface area contributed by atoms with Crippen molar-refractivity contribution in [1.82, 2.24) is 5.48 Å². The van der Waals surface area contributed by atoms with Gasteiger partial charge in [0.2, 0.25) is 0 Å². The highest BCUT2D eigenvalue weighted by Crippen LogP contribution is 2.02. The number of hydrogen-bond acceptors (Lipinski definition) is 2. The Labute approximate surface area is 56.9 Å². The summed E-state index contributed by atoms with van der Waals surface area (Å²) in [5, 5.41) is 0. The largest absolute Gasteiger partial charge is 0.416 e. The molecule has 1 rings (SSSR count). The van der Waals surface area contributed by atoms with Gasteiger partial charge in [-0.05, 0) is 12.0 Å². The second kappa shape index (κ2) is 5.63. The standard InChI is InChI=1S/C5H9NO.C2H6/c1-2-5-3-6-7-4-5;1-2/h4,6H,2-3H2,1H3;1-2H3. The van der Waals surface area contributed by atoms with Gasteiger partial charge in [0.25, 0.3) is 0 Å². The van der Waals surface area contributed by atoms with Gasteiger partial charge in [0, 0.05) is 0 Å². The zero-order valence-electron chi connectivity index (χ0n) is 6.40. The highest BCUT2D eigenvalue weighted by Gasteiger charge is 1.99. The number of nitrogens with one attached hydrogen (secondary N) is 1. The summed E-state index contributed by atoms with van der Waals surface area (Å²) in [6, 6.07) is 0. The Kier molecular flexibility index (Phi) is 5.32. The average Bonchev–Trinajstić information content (AvgIpc) is 2.43. The van der Waals surface area contributed by atoms with E-state index < -0.39 is 0 Å². The molecule has 54 valence electrons. The first-order valence-electron chi connectivity index (χ1n) is 3.50. The summed E-state index contributed by atoms with van der Waals surface area (Å²) in [5.41, 5.74) is 4.06. The van der Waals surface area contributed by atoms with Crippen molar-refractivity contribution < 1.29 is 4.84 Å². The van der Waals surface area contributed by atoms with E-state index in [0.29, 0.717) is 0 Å². The molecule has 0 aliphatic carbocycles. The first-order chi connectivity index (χ1) is 4.43. The normalized spacial score (nSPS) is 15.2. The van der Waals surface area contributed by atoms with Crippen LogP contribution in [0.4, 0.5) is 0 Å². The van der Waals surface area contributed by atoms with Gasteiger partial charge in [0.1, 0.15) is 6.26 Å². The Morgan fingerprint density at radius 2 is 2.33 bits per heavy atom. The zero-order valence-corrected chi connectivity index (χ0v) is 6.40. The van der Waals surface area contributed by atoms with Crippen molar-refractivity contribution in [1.29, 1.82) is 0 Å². The molecule has 9 heavy (non-hydrogen) atoms. The monoisotopic (exact) mass is 129 g/mol. The molecule has 0 aromatic heterocycles. The van der Waals surface area contributed by atoms with Crippen molar-refractivity contribution in [3.05, 3.63) is 11.8 Å². The summed E-state index contributed by atoms with van der Waals surface area (Å²) >= 11 is 0. The van der Waals surface area contributed by atoms with E-state index in [0.717, 1.165) is 13.0 Å². The summed E-state index contributed by atoms with van der Waals surface area (Å²) in [5.74, 6) is 0. The summed E-state index contributed by atoms with van der Waals surface area (Å²) in [4.78, 5) is 4.74. The van der Waals surface area contributed by atoms with Crippen LogP contribution in [0.2, 0.25) is 0 Å². The van der Waals surface area contributed by atoms with E-state index in [-0.39, 0.29) is 0 Å². The maximum absolute atomic E-state index is 4.74. The van der Waals surface area contributed by atoms with Crippen LogP contribution >= 0.6 is 0 Å². The minimum atomic E-state index is 0.899. The van der Waals surface area contributed by atoms with E-state index in [2.05, 4.69) is 12.4 Å². The molecule has 0 spiro atoms. The second-order valence-corrected chi connectivity index (χ2v) is 1.57. The second-order valence-electron chi connectivity index (χ2n) is 1.57. The van der Waals surface area contributed by atoms with E-state index in [4.69, 9.17) is 4.84 Å². The van der Waals surface area contributed by atoms with Crippen molar-refractivity contribution in [3.63, 3.8) is 0 Å². The average molecular weight is 129 g/mol. The molecule has 1 aliphatic heterocycles. The highest BCUT2D eigenvalue weighted by molar-refractivity contribution is 5.01. The quantitative estimate of drug-likeness (QED) is 0.583. The molecular weight excluding hydrogens is 114 g/mol. The van der Waals surface area contributed by atoms with Gasteiger partial charge in [0.15, 0.2) is 0 Å². The lowest BCUT2D eigenvalue weighted by Crippen LogP contribution is -2.05. The summed E-state index contributed by atoms with van der Waals surface area (Å²) in [6.45, 7) is 7.01. The van der Waals surface area contributed by atoms with Crippen LogP contribution in [0, 0.1) is 0 Å². The predicted octanol–water partition coefficient (Wildman–Crippen LogP) is 1.84. The topological polar surface area (TPSA) is 21.3 Å². The molecule has 0 unspecified atom stereocenters. The number of rotatable bonds is 1. The lowest BCUT2D eigenvalue weighted by atomic mass is 10.2. The molecule has 0 atom stereocenters. The van der Waals surface area contributed by atoms with Gasteiger partial charge in [-0.1, -0.05) is 20.8 Å². The minimum Gasteiger partial charge on any atom is -0.416 e. The number of hydroxylamine groups is 1. The molecule has 0 aromatic carbocycles. The fourth-order valence-electron chi connectivity index (χ4n) is 0.509. The summed E-state index contributed by atoms with van der Waals surface area (Å²) in [7, 11) is 0. The maximum atomic E-state index is 4.74. The molecule has 0 amide bonds. The molecular formula is C7H15NO. The smallest absolute Gasteiger partial charge is 0.111 e. The van der Waals surface area contributed by atoms with E-state index in [1.807, 2.05) is 13.8 Å². The first-order valence-corrected chi connectivity index (χ1v) is 3.50. The lowest BCUT2D eigenvalue weighted by molar-refractivity contribution is 0.168. The van der Waals surface area contributed by atoms with E-state index in [1.165, 1.54) is 5.57 Å². The lowest BCUT2D eigenvalue weighted by Gasteiger charge is -1.86. The van der Waals surface area contributed by atoms with Gasteiger partial charge in [-0.15, -0.1) is 0 Å². The van der Waals surface area contributed by atoms with E-state index >= 15 is 0 Å². The van der Waals surface area contributed by atoms with Crippen LogP contribution in [0.25, 0.3) is 0 Å². The Morgan fingerprint density at radius 3 is 2.56 bits per heavy atom. The van der Waals surface area contributed by atoms with Gasteiger partial charge < -0.3 is 4.84 Å². The fourth-order valence-corrected chi connectivity index (χ4v) is 0.509. The van der Waals surface area contributed by atoms with Crippen LogP contribution < -0.4 is 5.48 Å². The van der Waals surface area contributed by atoms with Crippen LogP contribution in [-0.2, 0) is 4.84 Å². The van der Waals surface area contributed by atoms with Crippen molar-refractivity contribution in [3.8, 4) is 0 Å². The molecule has 0 fully saturated rings. The van der Waals surface area contributed by atoms with Crippen LogP contribution in [0.1, 0.15) is 27.2 Å². The third-order valence-corrected chi connectivity index (χ3v) is 1.06. The van der Waals surface area contributed by atoms with Gasteiger partial charge in [0.05, 0.1) is 6.54 Å². The van der Waals surface area contributed by atoms with Gasteiger partial charge in [-0.3, -0.25) is 0 Å². The molecule has 2 heteroatoms. The molecule has 2 nitrogen and oxygen atoms in total. The molecule has 0 saturated heterocycles. The highest BCUT2D eigenvalue weighted by atomic mass is 16.6. The van der Waals surface area contributed by atoms with Crippen molar-refractivity contribution in [2.45, 2.75) is 27.2 Å². The van der Waals surface area contributed by atoms with Crippen LogP contribution in [-0.4, -0.2) is 6.54 Å². The minimum absolute atomic E-state index is 0.899. The van der Waals surface area contributed by atoms with Crippen LogP contribution in [0.5, 0.6) is 0 Å². The van der Waals surface area contributed by atoms with Crippen LogP contribution in [0.3, 0.4) is 0 Å². The Bertz CT molecular complexity index is 88.9. The van der Waals surface area contributed by atoms with Gasteiger partial charge in [-0.25, -0.2) is 0 Å². The fraction of sp³-hybridized carbons (Fsp3) is 0.714. The molecule has 0 saturated carbocycles. The molecule has 0 aromatic rings. The molecule has 0 radical (unpaired) electrons. The third kappa shape index (κ3) is 3.14. The van der Waals surface area contributed by atoms with Crippen LogP contribution in [0.15, 0.2) is 11.8 Å². The van der Waals surface area contributed by atoms with Crippen molar-refractivity contribution in [2.75, 3.05) is 6.54 Å². The molecule has 1 heterocycles. The number of hydrogen-bond donors (Lipinski definition) is 1.